The van der Waals surface area contributed by atoms with Gasteiger partial charge in [-0.15, -0.1) is 0 Å². The molecule has 44 heavy (non-hydrogen) atoms. The standard InChI is InChI=1S/C36H54N4O2S2/c1-5-19-36(20-6-2)27-44(41,42)33-15-14-31(39(3)4)26-32(33)35(38-36)29-11-10-12-30(25-29)37-34(43)13-8-7-9-21-40-22-16-28(17-23-40)18-24-40/h10-12,14-15,25-26,28,35,38H,5-9,13,16-24,27H2,1-4H3/p+1. The first-order valence-corrected chi connectivity index (χ1v) is 19.2. The van der Waals surface area contributed by atoms with Gasteiger partial charge in [-0.2, -0.15) is 0 Å². The number of benzene rings is 2. The molecule has 4 aliphatic rings. The molecule has 1 unspecified atom stereocenters. The van der Waals surface area contributed by atoms with Gasteiger partial charge in [0.05, 0.1) is 47.9 Å². The summed E-state index contributed by atoms with van der Waals surface area (Å²) in [6.45, 7) is 9.85. The van der Waals surface area contributed by atoms with E-state index in [0.29, 0.717) is 4.90 Å². The average Bonchev–Trinajstić information content (AvgIpc) is 3.09. The van der Waals surface area contributed by atoms with Crippen LogP contribution in [0.15, 0.2) is 47.4 Å². The van der Waals surface area contributed by atoms with Crippen LogP contribution in [0, 0.1) is 5.92 Å². The molecule has 0 aromatic heterocycles. The molecule has 4 heterocycles. The van der Waals surface area contributed by atoms with Crippen molar-refractivity contribution in [3.63, 3.8) is 0 Å². The topological polar surface area (TPSA) is 61.4 Å². The van der Waals surface area contributed by atoms with E-state index >= 15 is 0 Å². The first kappa shape index (κ1) is 33.4. The summed E-state index contributed by atoms with van der Waals surface area (Å²) in [4.78, 5) is 3.36. The Bertz CT molecular complexity index is 1380. The van der Waals surface area contributed by atoms with Crippen LogP contribution in [-0.4, -0.2) is 69.5 Å². The zero-order valence-electron chi connectivity index (χ0n) is 27.5. The molecule has 0 saturated carbocycles. The second-order valence-electron chi connectivity index (χ2n) is 14.2. The van der Waals surface area contributed by atoms with Gasteiger partial charge in [0.1, 0.15) is 0 Å². The molecule has 0 amide bonds. The summed E-state index contributed by atoms with van der Waals surface area (Å²) in [6.07, 6.45) is 12.3. The molecule has 3 saturated heterocycles. The number of hydrogen-bond acceptors (Lipinski definition) is 5. The molecule has 8 heteroatoms. The molecule has 0 radical (unpaired) electrons. The van der Waals surface area contributed by atoms with Gasteiger partial charge in [0.2, 0.25) is 0 Å². The first-order valence-electron chi connectivity index (χ1n) is 17.1. The van der Waals surface area contributed by atoms with Crippen molar-refractivity contribution in [2.75, 3.05) is 56.2 Å². The first-order chi connectivity index (χ1) is 21.1. The van der Waals surface area contributed by atoms with Crippen LogP contribution in [0.5, 0.6) is 0 Å². The Labute approximate surface area is 272 Å². The second kappa shape index (κ2) is 14.2. The third kappa shape index (κ3) is 7.68. The molecular weight excluding hydrogens is 585 g/mol. The highest BCUT2D eigenvalue weighted by Gasteiger charge is 2.42. The van der Waals surface area contributed by atoms with Crippen molar-refractivity contribution in [2.24, 2.45) is 5.92 Å². The smallest absolute Gasteiger partial charge is 0.180 e. The molecule has 1 atom stereocenters. The van der Waals surface area contributed by atoms with Crippen molar-refractivity contribution in [1.82, 2.24) is 5.32 Å². The van der Waals surface area contributed by atoms with Gasteiger partial charge in [-0.3, -0.25) is 5.32 Å². The molecule has 242 valence electrons. The van der Waals surface area contributed by atoms with E-state index < -0.39 is 15.4 Å². The summed E-state index contributed by atoms with van der Waals surface area (Å²) in [5, 5.41) is 7.45. The van der Waals surface area contributed by atoms with Gasteiger partial charge >= 0.3 is 0 Å². The van der Waals surface area contributed by atoms with E-state index in [1.807, 2.05) is 31.1 Å². The van der Waals surface area contributed by atoms with Crippen molar-refractivity contribution in [1.29, 1.82) is 0 Å². The van der Waals surface area contributed by atoms with Crippen molar-refractivity contribution < 1.29 is 12.9 Å². The predicted molar refractivity (Wildman–Crippen MR) is 189 cm³/mol. The minimum Gasteiger partial charge on any atom is -0.378 e. The maximum Gasteiger partial charge on any atom is 0.180 e. The highest BCUT2D eigenvalue weighted by molar-refractivity contribution is 7.91. The Morgan fingerprint density at radius 2 is 1.70 bits per heavy atom. The lowest BCUT2D eigenvalue weighted by molar-refractivity contribution is -0.942. The van der Waals surface area contributed by atoms with Gasteiger partial charge in [0.15, 0.2) is 9.84 Å². The largest absolute Gasteiger partial charge is 0.378 e. The van der Waals surface area contributed by atoms with Crippen molar-refractivity contribution in [3.8, 4) is 0 Å². The van der Waals surface area contributed by atoms with E-state index in [1.165, 1.54) is 62.8 Å². The van der Waals surface area contributed by atoms with Crippen LogP contribution in [0.1, 0.15) is 102 Å². The van der Waals surface area contributed by atoms with Gasteiger partial charge in [-0.1, -0.05) is 51.0 Å². The van der Waals surface area contributed by atoms with Gasteiger partial charge in [-0.25, -0.2) is 8.42 Å². The highest BCUT2D eigenvalue weighted by Crippen LogP contribution is 2.40. The maximum absolute atomic E-state index is 13.9. The summed E-state index contributed by atoms with van der Waals surface area (Å²) in [5.74, 6) is 1.14. The maximum atomic E-state index is 13.9. The van der Waals surface area contributed by atoms with E-state index in [2.05, 4.69) is 54.8 Å². The van der Waals surface area contributed by atoms with Crippen molar-refractivity contribution in [2.45, 2.75) is 101 Å². The number of fused-ring (bicyclic) bond motifs is 4. The third-order valence-electron chi connectivity index (χ3n) is 10.6. The van der Waals surface area contributed by atoms with Gasteiger partial charge in [0, 0.05) is 31.0 Å². The van der Waals surface area contributed by atoms with E-state index in [4.69, 9.17) is 12.2 Å². The van der Waals surface area contributed by atoms with Crippen LogP contribution in [0.3, 0.4) is 0 Å². The zero-order chi connectivity index (χ0) is 31.4. The number of sulfone groups is 1. The van der Waals surface area contributed by atoms with Crippen molar-refractivity contribution in [3.05, 3.63) is 53.6 Å². The normalized spacial score (nSPS) is 25.2. The summed E-state index contributed by atoms with van der Waals surface area (Å²) in [5.41, 5.74) is 3.36. The highest BCUT2D eigenvalue weighted by atomic mass is 32.2. The number of nitrogens with one attached hydrogen (secondary N) is 2. The predicted octanol–water partition coefficient (Wildman–Crippen LogP) is 7.49. The van der Waals surface area contributed by atoms with E-state index in [-0.39, 0.29) is 11.8 Å². The molecule has 0 aliphatic carbocycles. The Hall–Kier alpha value is -2.00. The molecule has 3 fully saturated rings. The summed E-state index contributed by atoms with van der Waals surface area (Å²) >= 11 is 5.81. The van der Waals surface area contributed by atoms with Crippen LogP contribution in [0.2, 0.25) is 0 Å². The van der Waals surface area contributed by atoms with Crippen LogP contribution in [0.4, 0.5) is 11.4 Å². The summed E-state index contributed by atoms with van der Waals surface area (Å²) in [6, 6.07) is 14.0. The fourth-order valence-corrected chi connectivity index (χ4v) is 10.6. The Morgan fingerprint density at radius 1 is 1.00 bits per heavy atom. The van der Waals surface area contributed by atoms with Crippen LogP contribution >= 0.6 is 12.2 Å². The molecular formula is C36H55N4O2S2+. The Balaban J connectivity index is 1.31. The van der Waals surface area contributed by atoms with Crippen LogP contribution in [-0.2, 0) is 9.84 Å². The SMILES string of the molecule is CCCC1(CCC)CS(=O)(=O)c2ccc(N(C)C)cc2C(c2cccc(NC(=S)CCCCC[N+]34CCC(CC3)CC4)c2)N1. The number of anilines is 2. The molecule has 4 aliphatic heterocycles. The van der Waals surface area contributed by atoms with Gasteiger partial charge in [-0.05, 0) is 105 Å². The van der Waals surface area contributed by atoms with Gasteiger partial charge < -0.3 is 14.7 Å². The summed E-state index contributed by atoms with van der Waals surface area (Å²) in [7, 11) is 0.509. The number of rotatable bonds is 13. The van der Waals surface area contributed by atoms with E-state index in [9.17, 15) is 8.42 Å². The molecule has 0 spiro atoms. The molecule has 6 nitrogen and oxygen atoms in total. The molecule has 2 aromatic rings. The number of hydrogen-bond donors (Lipinski definition) is 2. The number of piperidine rings is 3. The zero-order valence-corrected chi connectivity index (χ0v) is 29.2. The van der Waals surface area contributed by atoms with Crippen LogP contribution in [0.25, 0.3) is 0 Å². The molecule has 2 N–H and O–H groups in total. The minimum atomic E-state index is -3.49. The average molecular weight is 640 g/mol. The minimum absolute atomic E-state index is 0.120. The number of nitrogens with zero attached hydrogens (tertiary/aromatic N) is 2. The fourth-order valence-electron chi connectivity index (χ4n) is 8.23. The third-order valence-corrected chi connectivity index (χ3v) is 12.9. The lowest BCUT2D eigenvalue weighted by Crippen LogP contribution is -2.58. The number of thiocarbonyl (C=S) groups is 1. The van der Waals surface area contributed by atoms with Gasteiger partial charge in [0.25, 0.3) is 0 Å². The monoisotopic (exact) mass is 639 g/mol. The molecule has 2 bridgehead atoms. The Morgan fingerprint density at radius 3 is 2.36 bits per heavy atom. The lowest BCUT2D eigenvalue weighted by atomic mass is 9.85. The fraction of sp³-hybridized carbons (Fsp3) is 0.639. The summed E-state index contributed by atoms with van der Waals surface area (Å²) < 4.78 is 29.2. The molecule has 2 aromatic carbocycles. The van der Waals surface area contributed by atoms with Crippen molar-refractivity contribution >= 4 is 38.4 Å². The molecule has 6 rings (SSSR count). The quantitative estimate of drug-likeness (QED) is 0.135. The Kier molecular flexibility index (Phi) is 10.8. The van der Waals surface area contributed by atoms with Crippen LogP contribution < -0.4 is 15.5 Å². The van der Waals surface area contributed by atoms with E-state index in [0.717, 1.165) is 71.9 Å². The number of quaternary nitrogens is 1. The van der Waals surface area contributed by atoms with E-state index in [1.54, 1.807) is 0 Å². The lowest BCUT2D eigenvalue weighted by Gasteiger charge is -2.49. The number of unbranched alkanes of at least 4 members (excludes halogenated alkanes) is 2. The second-order valence-corrected chi connectivity index (χ2v) is 16.6.